The van der Waals surface area contributed by atoms with Crippen LogP contribution in [0, 0.1) is 0 Å². The van der Waals surface area contributed by atoms with Crippen molar-refractivity contribution in [2.75, 3.05) is 19.7 Å². The molecule has 0 atom stereocenters. The number of hydrogen-bond acceptors (Lipinski definition) is 5. The van der Waals surface area contributed by atoms with E-state index in [1.807, 2.05) is 18.2 Å². The summed E-state index contributed by atoms with van der Waals surface area (Å²) in [6.45, 7) is 0.338. The first-order chi connectivity index (χ1) is 16.0. The zero-order valence-electron chi connectivity index (χ0n) is 18.3. The summed E-state index contributed by atoms with van der Waals surface area (Å²) in [5.74, 6) is -0.648. The summed E-state index contributed by atoms with van der Waals surface area (Å²) < 4.78 is 5.37. The molecule has 0 radical (unpaired) electrons. The second kappa shape index (κ2) is 10.3. The highest BCUT2D eigenvalue weighted by Crippen LogP contribution is 2.31. The van der Waals surface area contributed by atoms with Gasteiger partial charge in [-0.2, -0.15) is 0 Å². The molecule has 1 fully saturated rings. The lowest BCUT2D eigenvalue weighted by atomic mass is 9.94. The number of para-hydroxylation sites is 1. The van der Waals surface area contributed by atoms with Crippen LogP contribution in [-0.4, -0.2) is 54.3 Å². The lowest BCUT2D eigenvalue weighted by Crippen LogP contribution is -2.40. The minimum absolute atomic E-state index is 0.0575. The summed E-state index contributed by atoms with van der Waals surface area (Å²) in [5, 5.41) is 5.39. The van der Waals surface area contributed by atoms with Crippen LogP contribution in [-0.2, 0) is 4.79 Å². The first kappa shape index (κ1) is 22.5. The van der Waals surface area contributed by atoms with E-state index in [-0.39, 0.29) is 54.9 Å². The number of imide groups is 1. The van der Waals surface area contributed by atoms with Crippen LogP contribution in [0.25, 0.3) is 0 Å². The van der Waals surface area contributed by atoms with Crippen molar-refractivity contribution >= 4 is 23.6 Å². The third-order valence-corrected chi connectivity index (χ3v) is 5.97. The molecule has 0 spiro atoms. The highest BCUT2D eigenvalue weighted by atomic mass is 16.5. The number of benzene rings is 2. The Labute approximate surface area is 192 Å². The molecule has 0 unspecified atom stereocenters. The van der Waals surface area contributed by atoms with Crippen molar-refractivity contribution in [2.24, 2.45) is 0 Å². The van der Waals surface area contributed by atoms with Crippen molar-refractivity contribution in [2.45, 2.75) is 38.1 Å². The zero-order chi connectivity index (χ0) is 23.2. The summed E-state index contributed by atoms with van der Waals surface area (Å²) in [6.07, 6.45) is 4.83. The van der Waals surface area contributed by atoms with Gasteiger partial charge in [-0.15, -0.1) is 0 Å². The molecule has 8 nitrogen and oxygen atoms in total. The van der Waals surface area contributed by atoms with Gasteiger partial charge >= 0.3 is 0 Å². The molecule has 33 heavy (non-hydrogen) atoms. The largest absolute Gasteiger partial charge is 0.484 e. The number of carbonyl (C=O) groups is 4. The zero-order valence-corrected chi connectivity index (χ0v) is 18.3. The Hall–Kier alpha value is -3.68. The number of carbonyl (C=O) groups excluding carboxylic acids is 4. The lowest BCUT2D eigenvalue weighted by Gasteiger charge is -2.29. The Balaban J connectivity index is 1.26. The molecule has 2 aromatic rings. The SMILES string of the molecule is O=C(COc1ccccc1)NCCNC(=O)c1ccc2c(c1)C(=O)N(C1CCCCC1)C2=O. The number of hydrogen-bond donors (Lipinski definition) is 2. The van der Waals surface area contributed by atoms with E-state index in [0.29, 0.717) is 16.9 Å². The normalized spacial score (nSPS) is 15.8. The second-order valence-corrected chi connectivity index (χ2v) is 8.24. The van der Waals surface area contributed by atoms with Crippen LogP contribution in [0.4, 0.5) is 0 Å². The highest BCUT2D eigenvalue weighted by Gasteiger charge is 2.40. The molecule has 0 aromatic heterocycles. The van der Waals surface area contributed by atoms with Crippen molar-refractivity contribution in [3.63, 3.8) is 0 Å². The van der Waals surface area contributed by atoms with E-state index in [0.717, 1.165) is 32.1 Å². The van der Waals surface area contributed by atoms with Gasteiger partial charge in [-0.3, -0.25) is 24.1 Å². The Kier molecular flexibility index (Phi) is 7.02. The highest BCUT2D eigenvalue weighted by molar-refractivity contribution is 6.22. The fraction of sp³-hybridized carbons (Fsp3) is 0.360. The van der Waals surface area contributed by atoms with Gasteiger partial charge in [0, 0.05) is 24.7 Å². The molecule has 1 saturated carbocycles. The molecule has 2 aliphatic rings. The average molecular weight is 450 g/mol. The molecule has 4 amide bonds. The van der Waals surface area contributed by atoms with E-state index < -0.39 is 0 Å². The van der Waals surface area contributed by atoms with Gasteiger partial charge in [-0.25, -0.2) is 0 Å². The maximum atomic E-state index is 12.9. The van der Waals surface area contributed by atoms with Gasteiger partial charge in [0.2, 0.25) is 0 Å². The molecule has 1 aliphatic heterocycles. The van der Waals surface area contributed by atoms with E-state index in [9.17, 15) is 19.2 Å². The van der Waals surface area contributed by atoms with Gasteiger partial charge in [0.1, 0.15) is 5.75 Å². The lowest BCUT2D eigenvalue weighted by molar-refractivity contribution is -0.123. The molecule has 4 rings (SSSR count). The van der Waals surface area contributed by atoms with E-state index >= 15 is 0 Å². The van der Waals surface area contributed by atoms with Crippen molar-refractivity contribution in [3.05, 3.63) is 65.2 Å². The van der Waals surface area contributed by atoms with Crippen molar-refractivity contribution < 1.29 is 23.9 Å². The molecule has 2 aromatic carbocycles. The van der Waals surface area contributed by atoms with Crippen LogP contribution >= 0.6 is 0 Å². The van der Waals surface area contributed by atoms with Crippen LogP contribution in [0.1, 0.15) is 63.2 Å². The van der Waals surface area contributed by atoms with Gasteiger partial charge in [-0.05, 0) is 43.2 Å². The van der Waals surface area contributed by atoms with Crippen molar-refractivity contribution in [1.29, 1.82) is 0 Å². The number of rotatable bonds is 8. The van der Waals surface area contributed by atoms with Gasteiger partial charge in [0.15, 0.2) is 6.61 Å². The summed E-state index contributed by atoms with van der Waals surface area (Å²) in [4.78, 5) is 51.4. The first-order valence-corrected chi connectivity index (χ1v) is 11.3. The standard InChI is InChI=1S/C25H27N3O5/c29-22(16-33-19-9-5-2-6-10-19)26-13-14-27-23(30)17-11-12-20-21(15-17)25(32)28(24(20)31)18-7-3-1-4-8-18/h2,5-6,9-12,15,18H,1,3-4,7-8,13-14,16H2,(H,26,29)(H,27,30). The number of amides is 4. The first-order valence-electron chi connectivity index (χ1n) is 11.3. The van der Waals surface area contributed by atoms with E-state index in [1.54, 1.807) is 24.3 Å². The average Bonchev–Trinajstić information content (AvgIpc) is 3.10. The van der Waals surface area contributed by atoms with Gasteiger partial charge in [-0.1, -0.05) is 37.5 Å². The Morgan fingerprint density at radius 2 is 1.58 bits per heavy atom. The summed E-state index contributed by atoms with van der Waals surface area (Å²) >= 11 is 0. The van der Waals surface area contributed by atoms with Gasteiger partial charge < -0.3 is 15.4 Å². The molecular weight excluding hydrogens is 422 g/mol. The molecule has 1 heterocycles. The van der Waals surface area contributed by atoms with Crippen LogP contribution in [0.3, 0.4) is 0 Å². The molecular formula is C25H27N3O5. The number of nitrogens with zero attached hydrogens (tertiary/aromatic N) is 1. The predicted molar refractivity (Wildman–Crippen MR) is 121 cm³/mol. The van der Waals surface area contributed by atoms with Gasteiger partial charge in [0.05, 0.1) is 11.1 Å². The van der Waals surface area contributed by atoms with E-state index in [1.165, 1.54) is 11.0 Å². The molecule has 0 saturated heterocycles. The van der Waals surface area contributed by atoms with E-state index in [2.05, 4.69) is 10.6 Å². The Bertz CT molecular complexity index is 1050. The van der Waals surface area contributed by atoms with Crippen LogP contribution in [0.2, 0.25) is 0 Å². The summed E-state index contributed by atoms with van der Waals surface area (Å²) in [7, 11) is 0. The fourth-order valence-electron chi connectivity index (χ4n) is 4.27. The second-order valence-electron chi connectivity index (χ2n) is 8.24. The smallest absolute Gasteiger partial charge is 0.261 e. The molecule has 8 heteroatoms. The maximum Gasteiger partial charge on any atom is 0.261 e. The summed E-state index contributed by atoms with van der Waals surface area (Å²) in [6, 6.07) is 13.5. The number of nitrogens with one attached hydrogen (secondary N) is 2. The number of ether oxygens (including phenoxy) is 1. The Morgan fingerprint density at radius 1 is 0.879 bits per heavy atom. The monoisotopic (exact) mass is 449 g/mol. The third kappa shape index (κ3) is 5.22. The maximum absolute atomic E-state index is 12.9. The van der Waals surface area contributed by atoms with Crippen molar-refractivity contribution in [1.82, 2.24) is 15.5 Å². The molecule has 172 valence electrons. The summed E-state index contributed by atoms with van der Waals surface area (Å²) in [5.41, 5.74) is 0.941. The quantitative estimate of drug-likeness (QED) is 0.476. The predicted octanol–water partition coefficient (Wildman–Crippen LogP) is 2.54. The topological polar surface area (TPSA) is 105 Å². The minimum Gasteiger partial charge on any atom is -0.484 e. The van der Waals surface area contributed by atoms with Crippen LogP contribution in [0.5, 0.6) is 5.75 Å². The number of fused-ring (bicyclic) bond motifs is 1. The van der Waals surface area contributed by atoms with Crippen LogP contribution in [0.15, 0.2) is 48.5 Å². The van der Waals surface area contributed by atoms with E-state index in [4.69, 9.17) is 4.74 Å². The molecule has 0 bridgehead atoms. The van der Waals surface area contributed by atoms with Crippen molar-refractivity contribution in [3.8, 4) is 5.75 Å². The third-order valence-electron chi connectivity index (χ3n) is 5.97. The Morgan fingerprint density at radius 3 is 2.33 bits per heavy atom. The molecule has 1 aliphatic carbocycles. The molecule has 2 N–H and O–H groups in total. The minimum atomic E-state index is -0.371. The fourth-order valence-corrected chi connectivity index (χ4v) is 4.27. The van der Waals surface area contributed by atoms with Gasteiger partial charge in [0.25, 0.3) is 23.6 Å². The van der Waals surface area contributed by atoms with Crippen LogP contribution < -0.4 is 15.4 Å².